The highest BCUT2D eigenvalue weighted by Gasteiger charge is 2.19. The third kappa shape index (κ3) is 4.44. The molecule has 6 nitrogen and oxygen atoms in total. The lowest BCUT2D eigenvalue weighted by atomic mass is 10.1. The van der Waals surface area contributed by atoms with Gasteiger partial charge < -0.3 is 19.4 Å². The van der Waals surface area contributed by atoms with Gasteiger partial charge in [-0.2, -0.15) is 5.26 Å². The number of anilines is 1. The normalized spacial score (nSPS) is 16.6. The van der Waals surface area contributed by atoms with Gasteiger partial charge >= 0.3 is 0 Å². The number of rotatable bonds is 6. The Hall–Kier alpha value is -3.04. The Kier molecular flexibility index (Phi) is 6.17. The Bertz CT molecular complexity index is 931. The van der Waals surface area contributed by atoms with Crippen molar-refractivity contribution in [2.24, 2.45) is 0 Å². The predicted molar refractivity (Wildman–Crippen MR) is 108 cm³/mol. The van der Waals surface area contributed by atoms with Crippen LogP contribution in [0.15, 0.2) is 35.9 Å². The van der Waals surface area contributed by atoms with Crippen LogP contribution in [-0.4, -0.2) is 30.3 Å². The molecule has 0 aliphatic carbocycles. The minimum absolute atomic E-state index is 0.0557. The molecule has 146 valence electrons. The van der Waals surface area contributed by atoms with Crippen molar-refractivity contribution in [2.75, 3.05) is 19.0 Å². The summed E-state index contributed by atoms with van der Waals surface area (Å²) in [6.45, 7) is 5.65. The quantitative estimate of drug-likeness (QED) is 0.611. The summed E-state index contributed by atoms with van der Waals surface area (Å²) in [6.07, 6.45) is 4.03. The lowest BCUT2D eigenvalue weighted by Gasteiger charge is -2.14. The van der Waals surface area contributed by atoms with E-state index in [-0.39, 0.29) is 11.7 Å². The van der Waals surface area contributed by atoms with Crippen molar-refractivity contribution >= 4 is 17.7 Å². The van der Waals surface area contributed by atoms with Crippen molar-refractivity contribution in [3.8, 4) is 11.8 Å². The smallest absolute Gasteiger partial charge is 0.266 e. The Morgan fingerprint density at radius 2 is 2.25 bits per heavy atom. The van der Waals surface area contributed by atoms with Crippen LogP contribution < -0.4 is 10.1 Å². The highest BCUT2D eigenvalue weighted by molar-refractivity contribution is 6.09. The number of aryl methyl sites for hydroxylation is 1. The van der Waals surface area contributed by atoms with Crippen LogP contribution in [0.5, 0.6) is 5.75 Å². The highest BCUT2D eigenvalue weighted by atomic mass is 16.5. The highest BCUT2D eigenvalue weighted by Crippen LogP contribution is 2.23. The molecule has 1 fully saturated rings. The van der Waals surface area contributed by atoms with E-state index in [2.05, 4.69) is 9.88 Å². The van der Waals surface area contributed by atoms with Gasteiger partial charge in [0.15, 0.2) is 0 Å². The van der Waals surface area contributed by atoms with Crippen LogP contribution in [0.25, 0.3) is 6.08 Å². The fourth-order valence-corrected chi connectivity index (χ4v) is 3.45. The minimum Gasteiger partial charge on any atom is -0.497 e. The minimum atomic E-state index is -0.445. The summed E-state index contributed by atoms with van der Waals surface area (Å²) in [6, 6.07) is 11.0. The van der Waals surface area contributed by atoms with Crippen molar-refractivity contribution in [3.63, 3.8) is 0 Å². The maximum absolute atomic E-state index is 12.6. The molecule has 0 spiro atoms. The van der Waals surface area contributed by atoms with Gasteiger partial charge in [0.25, 0.3) is 5.91 Å². The molecule has 1 aliphatic rings. The number of ether oxygens (including phenoxy) is 2. The van der Waals surface area contributed by atoms with Crippen LogP contribution in [0, 0.1) is 25.2 Å². The maximum atomic E-state index is 12.6. The molecule has 1 aliphatic heterocycles. The first-order valence-corrected chi connectivity index (χ1v) is 9.37. The second kappa shape index (κ2) is 8.77. The van der Waals surface area contributed by atoms with Gasteiger partial charge in [0.2, 0.25) is 0 Å². The molecule has 2 heterocycles. The average Bonchev–Trinajstić information content (AvgIpc) is 3.30. The first-order valence-electron chi connectivity index (χ1n) is 9.37. The lowest BCUT2D eigenvalue weighted by molar-refractivity contribution is -0.112. The van der Waals surface area contributed by atoms with E-state index in [0.29, 0.717) is 11.4 Å². The van der Waals surface area contributed by atoms with E-state index in [4.69, 9.17) is 9.47 Å². The molecule has 28 heavy (non-hydrogen) atoms. The van der Waals surface area contributed by atoms with Crippen LogP contribution >= 0.6 is 0 Å². The van der Waals surface area contributed by atoms with E-state index in [1.54, 1.807) is 37.5 Å². The Morgan fingerprint density at radius 1 is 1.43 bits per heavy atom. The molecular weight excluding hydrogens is 354 g/mol. The summed E-state index contributed by atoms with van der Waals surface area (Å²) < 4.78 is 13.1. The lowest BCUT2D eigenvalue weighted by Crippen LogP contribution is -2.17. The number of carbonyl (C=O) groups is 1. The number of benzene rings is 1. The third-order valence-corrected chi connectivity index (χ3v) is 5.02. The van der Waals surface area contributed by atoms with Gasteiger partial charge in [-0.3, -0.25) is 4.79 Å². The van der Waals surface area contributed by atoms with Gasteiger partial charge in [0.05, 0.1) is 13.2 Å². The van der Waals surface area contributed by atoms with Gasteiger partial charge in [-0.05, 0) is 56.5 Å². The largest absolute Gasteiger partial charge is 0.497 e. The molecule has 2 aromatic rings. The van der Waals surface area contributed by atoms with Crippen LogP contribution in [0.1, 0.15) is 29.8 Å². The third-order valence-electron chi connectivity index (χ3n) is 5.02. The van der Waals surface area contributed by atoms with Crippen molar-refractivity contribution in [3.05, 3.63) is 52.9 Å². The van der Waals surface area contributed by atoms with Crippen molar-refractivity contribution in [1.82, 2.24) is 4.57 Å². The number of hydrogen-bond acceptors (Lipinski definition) is 4. The number of hydrogen-bond donors (Lipinski definition) is 1. The van der Waals surface area contributed by atoms with Gasteiger partial charge in [0, 0.05) is 36.3 Å². The molecule has 0 saturated carbocycles. The zero-order chi connectivity index (χ0) is 20.1. The summed E-state index contributed by atoms with van der Waals surface area (Å²) >= 11 is 0. The number of aromatic nitrogens is 1. The summed E-state index contributed by atoms with van der Waals surface area (Å²) in [4.78, 5) is 12.6. The van der Waals surface area contributed by atoms with Crippen molar-refractivity contribution in [2.45, 2.75) is 39.3 Å². The molecule has 1 aromatic heterocycles. The zero-order valence-electron chi connectivity index (χ0n) is 16.5. The van der Waals surface area contributed by atoms with E-state index < -0.39 is 5.91 Å². The molecule has 1 saturated heterocycles. The molecule has 3 rings (SSSR count). The van der Waals surface area contributed by atoms with Gasteiger partial charge in [-0.15, -0.1) is 0 Å². The molecule has 1 aromatic carbocycles. The number of amides is 1. The Balaban J connectivity index is 1.79. The second-order valence-corrected chi connectivity index (χ2v) is 6.93. The summed E-state index contributed by atoms with van der Waals surface area (Å²) in [5.41, 5.74) is 3.61. The molecule has 6 heteroatoms. The van der Waals surface area contributed by atoms with E-state index in [1.165, 1.54) is 0 Å². The molecule has 0 radical (unpaired) electrons. The van der Waals surface area contributed by atoms with Gasteiger partial charge in [-0.1, -0.05) is 6.07 Å². The van der Waals surface area contributed by atoms with E-state index >= 15 is 0 Å². The van der Waals surface area contributed by atoms with Crippen LogP contribution in [0.3, 0.4) is 0 Å². The number of nitriles is 1. The summed E-state index contributed by atoms with van der Waals surface area (Å²) in [7, 11) is 1.56. The van der Waals surface area contributed by atoms with E-state index in [1.807, 2.05) is 26.0 Å². The summed E-state index contributed by atoms with van der Waals surface area (Å²) in [5.74, 6) is 0.192. The molecule has 1 N–H and O–H groups in total. The topological polar surface area (TPSA) is 76.3 Å². The number of nitrogens with zero attached hydrogens (tertiary/aromatic N) is 2. The molecular formula is C22H25N3O3. The monoisotopic (exact) mass is 379 g/mol. The SMILES string of the molecule is COc1cccc(NC(=O)/C(C#N)=C/c2cc(C)n(CC3CCCO3)c2C)c1. The van der Waals surface area contributed by atoms with E-state index in [9.17, 15) is 10.1 Å². The second-order valence-electron chi connectivity index (χ2n) is 6.93. The summed E-state index contributed by atoms with van der Waals surface area (Å²) in [5, 5.41) is 12.3. The molecule has 1 atom stereocenters. The number of methoxy groups -OCH3 is 1. The molecule has 0 bridgehead atoms. The fraction of sp³-hybridized carbons (Fsp3) is 0.364. The Morgan fingerprint density at radius 3 is 2.93 bits per heavy atom. The van der Waals surface area contributed by atoms with Crippen molar-refractivity contribution in [1.29, 1.82) is 5.26 Å². The van der Waals surface area contributed by atoms with Crippen molar-refractivity contribution < 1.29 is 14.3 Å². The first kappa shape index (κ1) is 19.7. The predicted octanol–water partition coefficient (Wildman–Crippen LogP) is 3.84. The molecule has 1 amide bonds. The van der Waals surface area contributed by atoms with E-state index in [0.717, 1.165) is 42.9 Å². The standard InChI is InChI=1S/C22H25N3O3/c1-15-10-17(16(2)25(15)14-21-8-5-9-28-21)11-18(13-23)22(26)24-19-6-4-7-20(12-19)27-3/h4,6-7,10-12,21H,5,8-9,14H2,1-3H3,(H,24,26)/b18-11+. The number of carbonyl (C=O) groups excluding carboxylic acids is 1. The average molecular weight is 379 g/mol. The first-order chi connectivity index (χ1) is 13.5. The van der Waals surface area contributed by atoms with Crippen LogP contribution in [0.4, 0.5) is 5.69 Å². The maximum Gasteiger partial charge on any atom is 0.266 e. The number of nitrogens with one attached hydrogen (secondary N) is 1. The molecule has 1 unspecified atom stereocenters. The fourth-order valence-electron chi connectivity index (χ4n) is 3.45. The van der Waals surface area contributed by atoms with Crippen LogP contribution in [-0.2, 0) is 16.1 Å². The van der Waals surface area contributed by atoms with Gasteiger partial charge in [-0.25, -0.2) is 0 Å². The van der Waals surface area contributed by atoms with Crippen LogP contribution in [0.2, 0.25) is 0 Å². The zero-order valence-corrected chi connectivity index (χ0v) is 16.5. The van der Waals surface area contributed by atoms with Gasteiger partial charge in [0.1, 0.15) is 17.4 Å². The Labute approximate surface area is 165 Å².